The minimum Gasteiger partial charge on any atom is -0.455 e. The molecule has 11 aromatic rings. The Hall–Kier alpha value is -6.94. The van der Waals surface area contributed by atoms with Crippen LogP contribution in [0.15, 0.2) is 205 Å². The standard InChI is InChI=1S/C52H33NOS/c1-4-15-34(16-5-1)35-27-29-38(30-28-35)53(46-25-14-24-42-40-22-12-13-26-48(40)55-52(42)46)45-31-32-47-50(49(45)37-19-8-3-9-20-37)44-33-43(36-17-6-2-7-18-36)39-21-10-11-23-41(39)51(44)54-47/h1-33H. The Balaban J connectivity index is 1.25. The van der Waals surface area contributed by atoms with Crippen molar-refractivity contribution in [3.05, 3.63) is 200 Å². The predicted molar refractivity (Wildman–Crippen MR) is 235 cm³/mol. The Bertz CT molecular complexity index is 3180. The highest BCUT2D eigenvalue weighted by atomic mass is 32.1. The highest BCUT2D eigenvalue weighted by Gasteiger charge is 2.26. The highest BCUT2D eigenvalue weighted by Crippen LogP contribution is 2.51. The molecule has 3 heteroatoms. The summed E-state index contributed by atoms with van der Waals surface area (Å²) < 4.78 is 9.46. The van der Waals surface area contributed by atoms with E-state index < -0.39 is 0 Å². The van der Waals surface area contributed by atoms with Crippen molar-refractivity contribution in [1.82, 2.24) is 0 Å². The second-order valence-corrected chi connectivity index (χ2v) is 15.1. The zero-order valence-electron chi connectivity index (χ0n) is 29.8. The van der Waals surface area contributed by atoms with Crippen LogP contribution in [0.1, 0.15) is 0 Å². The molecule has 0 atom stereocenters. The fraction of sp³-hybridized carbons (Fsp3) is 0. The SMILES string of the molecule is c1ccc(-c2ccc(N(c3ccc4oc5c6ccccc6c(-c6ccccc6)cc5c4c3-c3ccccc3)c3cccc4c3sc3ccccc34)cc2)cc1. The van der Waals surface area contributed by atoms with Crippen LogP contribution >= 0.6 is 11.3 Å². The minimum absolute atomic E-state index is 0.868. The summed E-state index contributed by atoms with van der Waals surface area (Å²) in [6.07, 6.45) is 0. The van der Waals surface area contributed by atoms with Crippen molar-refractivity contribution in [3.63, 3.8) is 0 Å². The lowest BCUT2D eigenvalue weighted by molar-refractivity contribution is 0.673. The van der Waals surface area contributed by atoms with E-state index in [1.165, 1.54) is 47.8 Å². The zero-order chi connectivity index (χ0) is 36.3. The Morgan fingerprint density at radius 3 is 1.75 bits per heavy atom. The lowest BCUT2D eigenvalue weighted by Crippen LogP contribution is -2.11. The van der Waals surface area contributed by atoms with E-state index in [1.807, 2.05) is 11.3 Å². The molecule has 0 radical (unpaired) electrons. The van der Waals surface area contributed by atoms with Gasteiger partial charge in [0.25, 0.3) is 0 Å². The van der Waals surface area contributed by atoms with E-state index in [0.29, 0.717) is 0 Å². The number of thiophene rings is 1. The molecule has 0 unspecified atom stereocenters. The quantitative estimate of drug-likeness (QED) is 0.170. The lowest BCUT2D eigenvalue weighted by atomic mass is 9.92. The van der Waals surface area contributed by atoms with Crippen molar-refractivity contribution in [3.8, 4) is 33.4 Å². The van der Waals surface area contributed by atoms with Gasteiger partial charge in [0.2, 0.25) is 0 Å². The molecular weight excluding hydrogens is 687 g/mol. The largest absolute Gasteiger partial charge is 0.455 e. The topological polar surface area (TPSA) is 16.4 Å². The van der Waals surface area contributed by atoms with Crippen molar-refractivity contribution in [2.75, 3.05) is 4.90 Å². The summed E-state index contributed by atoms with van der Waals surface area (Å²) in [7, 11) is 0. The number of furan rings is 1. The van der Waals surface area contributed by atoms with E-state index in [9.17, 15) is 0 Å². The van der Waals surface area contributed by atoms with Gasteiger partial charge >= 0.3 is 0 Å². The Kier molecular flexibility index (Phi) is 7.39. The van der Waals surface area contributed by atoms with Gasteiger partial charge in [-0.15, -0.1) is 11.3 Å². The monoisotopic (exact) mass is 719 g/mol. The van der Waals surface area contributed by atoms with Crippen LogP contribution in [0.5, 0.6) is 0 Å². The molecule has 0 aliphatic carbocycles. The third-order valence-corrected chi connectivity index (χ3v) is 12.1. The van der Waals surface area contributed by atoms with Gasteiger partial charge < -0.3 is 9.32 Å². The first-order valence-corrected chi connectivity index (χ1v) is 19.5. The smallest absolute Gasteiger partial charge is 0.143 e. The van der Waals surface area contributed by atoms with Gasteiger partial charge in [-0.1, -0.05) is 158 Å². The van der Waals surface area contributed by atoms with Crippen molar-refractivity contribution in [2.45, 2.75) is 0 Å². The maximum absolute atomic E-state index is 6.92. The molecule has 0 aliphatic heterocycles. The molecule has 0 bridgehead atoms. The van der Waals surface area contributed by atoms with Gasteiger partial charge in [-0.3, -0.25) is 0 Å². The van der Waals surface area contributed by atoms with Gasteiger partial charge in [-0.25, -0.2) is 0 Å². The predicted octanol–water partition coefficient (Wildman–Crippen LogP) is 15.6. The van der Waals surface area contributed by atoms with Crippen LogP contribution in [-0.4, -0.2) is 0 Å². The summed E-state index contributed by atoms with van der Waals surface area (Å²) in [6, 6.07) is 72.0. The number of fused-ring (bicyclic) bond motifs is 8. The third kappa shape index (κ3) is 5.16. The van der Waals surface area contributed by atoms with Gasteiger partial charge in [-0.05, 0) is 75.7 Å². The second-order valence-electron chi connectivity index (χ2n) is 14.0. The van der Waals surface area contributed by atoms with Crippen molar-refractivity contribution in [2.24, 2.45) is 0 Å². The Morgan fingerprint density at radius 1 is 0.400 bits per heavy atom. The molecule has 258 valence electrons. The first-order chi connectivity index (χ1) is 27.3. The summed E-state index contributed by atoms with van der Waals surface area (Å²) in [4.78, 5) is 2.46. The fourth-order valence-electron chi connectivity index (χ4n) is 8.37. The molecule has 2 heterocycles. The number of nitrogens with zero attached hydrogens (tertiary/aromatic N) is 1. The molecular formula is C52H33NOS. The van der Waals surface area contributed by atoms with E-state index in [2.05, 4.69) is 205 Å². The Morgan fingerprint density at radius 2 is 1.00 bits per heavy atom. The van der Waals surface area contributed by atoms with Gasteiger partial charge in [0.1, 0.15) is 11.2 Å². The first-order valence-electron chi connectivity index (χ1n) is 18.7. The van der Waals surface area contributed by atoms with Crippen LogP contribution in [0.2, 0.25) is 0 Å². The summed E-state index contributed by atoms with van der Waals surface area (Å²) in [6.45, 7) is 0. The number of anilines is 3. The van der Waals surface area contributed by atoms with E-state index in [1.54, 1.807) is 0 Å². The number of hydrogen-bond donors (Lipinski definition) is 0. The van der Waals surface area contributed by atoms with Crippen molar-refractivity contribution >= 4 is 81.3 Å². The maximum Gasteiger partial charge on any atom is 0.143 e. The van der Waals surface area contributed by atoms with Crippen LogP contribution < -0.4 is 4.90 Å². The minimum atomic E-state index is 0.868. The average molecular weight is 720 g/mol. The molecule has 0 amide bonds. The maximum atomic E-state index is 6.92. The van der Waals surface area contributed by atoms with Crippen LogP contribution in [0.3, 0.4) is 0 Å². The average Bonchev–Trinajstić information content (AvgIpc) is 3.84. The molecule has 0 spiro atoms. The molecule has 2 nitrogen and oxygen atoms in total. The fourth-order valence-corrected chi connectivity index (χ4v) is 9.58. The van der Waals surface area contributed by atoms with Crippen molar-refractivity contribution in [1.29, 1.82) is 0 Å². The van der Waals surface area contributed by atoms with Crippen LogP contribution in [0.25, 0.3) is 86.3 Å². The number of rotatable bonds is 6. The molecule has 0 N–H and O–H groups in total. The highest BCUT2D eigenvalue weighted by molar-refractivity contribution is 7.26. The van der Waals surface area contributed by atoms with Gasteiger partial charge in [0.05, 0.1) is 16.1 Å². The summed E-state index contributed by atoms with van der Waals surface area (Å²) in [5, 5.41) is 7.05. The third-order valence-electron chi connectivity index (χ3n) is 10.9. The molecule has 0 fully saturated rings. The van der Waals surface area contributed by atoms with Gasteiger partial charge in [0.15, 0.2) is 0 Å². The van der Waals surface area contributed by atoms with E-state index in [-0.39, 0.29) is 0 Å². The molecule has 9 aromatic carbocycles. The molecule has 0 saturated carbocycles. The lowest BCUT2D eigenvalue weighted by Gasteiger charge is -2.29. The number of benzene rings is 9. The van der Waals surface area contributed by atoms with Gasteiger partial charge in [0, 0.05) is 42.9 Å². The molecule has 55 heavy (non-hydrogen) atoms. The number of hydrogen-bond acceptors (Lipinski definition) is 3. The van der Waals surface area contributed by atoms with Crippen LogP contribution in [0.4, 0.5) is 17.1 Å². The summed E-state index contributed by atoms with van der Waals surface area (Å²) in [5.41, 5.74) is 12.1. The second kappa shape index (κ2) is 12.9. The zero-order valence-corrected chi connectivity index (χ0v) is 30.6. The Labute approximate surface area is 322 Å². The molecule has 2 aromatic heterocycles. The van der Waals surface area contributed by atoms with E-state index in [4.69, 9.17) is 4.42 Å². The summed E-state index contributed by atoms with van der Waals surface area (Å²) in [5.74, 6) is 0. The van der Waals surface area contributed by atoms with Crippen LogP contribution in [0, 0.1) is 0 Å². The van der Waals surface area contributed by atoms with Gasteiger partial charge in [-0.2, -0.15) is 0 Å². The molecule has 0 saturated heterocycles. The summed E-state index contributed by atoms with van der Waals surface area (Å²) >= 11 is 1.86. The van der Waals surface area contributed by atoms with E-state index in [0.717, 1.165) is 55.5 Å². The van der Waals surface area contributed by atoms with E-state index >= 15 is 0 Å². The first kappa shape index (κ1) is 31.6. The van der Waals surface area contributed by atoms with Crippen LogP contribution in [-0.2, 0) is 0 Å². The normalized spacial score (nSPS) is 11.6. The molecule has 0 aliphatic rings. The molecule has 11 rings (SSSR count). The van der Waals surface area contributed by atoms with Crippen molar-refractivity contribution < 1.29 is 4.42 Å².